The second kappa shape index (κ2) is 6.25. The van der Waals surface area contributed by atoms with Gasteiger partial charge in [-0.1, -0.05) is 29.5 Å². The largest absolute Gasteiger partial charge is 0.465 e. The van der Waals surface area contributed by atoms with Crippen LogP contribution in [0.5, 0.6) is 5.75 Å². The minimum absolute atomic E-state index is 0.0471. The van der Waals surface area contributed by atoms with Crippen molar-refractivity contribution in [1.29, 1.82) is 0 Å². The first-order valence-corrected chi connectivity index (χ1v) is 10.4. The number of carbonyl (C=O) groups excluding carboxylic acids is 1. The fourth-order valence-corrected chi connectivity index (χ4v) is 5.50. The lowest BCUT2D eigenvalue weighted by Gasteiger charge is -2.45. The van der Waals surface area contributed by atoms with E-state index in [2.05, 4.69) is 5.10 Å². The van der Waals surface area contributed by atoms with Crippen molar-refractivity contribution in [2.45, 2.75) is 39.1 Å². The molecule has 0 N–H and O–H groups in total. The molecule has 8 heteroatoms. The summed E-state index contributed by atoms with van der Waals surface area (Å²) < 4.78 is 10.3. The standard InChI is InChI=1S/C21H20N4O3S/c1-4-24-13(9-10-22-24)11-16-19(27)25-18-14-7-5-6-8-15(14)28-21(3,17(18)12(2)26)23-20(25)29-16/h5-11,17-18H,4H2,1-3H3. The molecule has 0 amide bonds. The van der Waals surface area contributed by atoms with Crippen molar-refractivity contribution >= 4 is 23.2 Å². The summed E-state index contributed by atoms with van der Waals surface area (Å²) in [4.78, 5) is 31.4. The average molecular weight is 408 g/mol. The van der Waals surface area contributed by atoms with Crippen LogP contribution in [-0.4, -0.2) is 25.9 Å². The maximum Gasteiger partial charge on any atom is 0.270 e. The first kappa shape index (κ1) is 18.1. The summed E-state index contributed by atoms with van der Waals surface area (Å²) in [6, 6.07) is 9.01. The number of rotatable bonds is 3. The molecule has 3 unspecified atom stereocenters. The lowest BCUT2D eigenvalue weighted by molar-refractivity contribution is -0.132. The normalized spacial score (nSPS) is 25.0. The fourth-order valence-electron chi connectivity index (χ4n) is 4.42. The maximum atomic E-state index is 13.4. The van der Waals surface area contributed by atoms with Gasteiger partial charge in [-0.05, 0) is 39.0 Å². The zero-order valence-electron chi connectivity index (χ0n) is 16.3. The molecule has 2 bridgehead atoms. The molecule has 0 spiro atoms. The smallest absolute Gasteiger partial charge is 0.270 e. The van der Waals surface area contributed by atoms with Gasteiger partial charge in [-0.25, -0.2) is 4.99 Å². The van der Waals surface area contributed by atoms with Crippen LogP contribution >= 0.6 is 11.3 Å². The number of Topliss-reactive ketones (excluding diaryl/α,β-unsaturated/α-hetero) is 1. The van der Waals surface area contributed by atoms with Crippen LogP contribution in [0.1, 0.15) is 38.1 Å². The molecular weight excluding hydrogens is 388 g/mol. The Bertz CT molecular complexity index is 1320. The van der Waals surface area contributed by atoms with E-state index in [1.165, 1.54) is 18.3 Å². The third kappa shape index (κ3) is 2.55. The Balaban J connectivity index is 1.81. The van der Waals surface area contributed by atoms with Crippen LogP contribution in [0, 0.1) is 5.92 Å². The van der Waals surface area contributed by atoms with Crippen molar-refractivity contribution in [3.8, 4) is 5.75 Å². The Morgan fingerprint density at radius 3 is 2.90 bits per heavy atom. The second-order valence-corrected chi connectivity index (χ2v) is 8.49. The van der Waals surface area contributed by atoms with E-state index < -0.39 is 17.7 Å². The quantitative estimate of drug-likeness (QED) is 0.658. The van der Waals surface area contributed by atoms with Crippen molar-refractivity contribution in [3.05, 3.63) is 67.5 Å². The highest BCUT2D eigenvalue weighted by Crippen LogP contribution is 2.47. The predicted octanol–water partition coefficient (Wildman–Crippen LogP) is 1.49. The highest BCUT2D eigenvalue weighted by Gasteiger charge is 2.53. The number of ether oxygens (including phenoxy) is 1. The lowest BCUT2D eigenvalue weighted by Crippen LogP contribution is -2.58. The predicted molar refractivity (Wildman–Crippen MR) is 109 cm³/mol. The minimum Gasteiger partial charge on any atom is -0.465 e. The fraction of sp³-hybridized carbons (Fsp3) is 0.333. The van der Waals surface area contributed by atoms with Crippen molar-refractivity contribution in [3.63, 3.8) is 0 Å². The number of fused-ring (bicyclic) bond motifs is 6. The highest BCUT2D eigenvalue weighted by molar-refractivity contribution is 7.07. The van der Waals surface area contributed by atoms with Crippen LogP contribution in [0.3, 0.4) is 0 Å². The third-order valence-electron chi connectivity index (χ3n) is 5.65. The highest BCUT2D eigenvalue weighted by atomic mass is 32.1. The molecular formula is C21H20N4O3S. The summed E-state index contributed by atoms with van der Waals surface area (Å²) in [6.07, 6.45) is 3.56. The van der Waals surface area contributed by atoms with Crippen LogP contribution in [0.25, 0.3) is 6.08 Å². The van der Waals surface area contributed by atoms with Gasteiger partial charge in [0.05, 0.1) is 16.3 Å². The van der Waals surface area contributed by atoms with Gasteiger partial charge < -0.3 is 4.74 Å². The van der Waals surface area contributed by atoms with Crippen LogP contribution in [-0.2, 0) is 11.3 Å². The van der Waals surface area contributed by atoms with E-state index in [1.54, 1.807) is 10.8 Å². The zero-order chi connectivity index (χ0) is 20.3. The molecule has 3 aromatic rings. The van der Waals surface area contributed by atoms with Crippen LogP contribution in [0.15, 0.2) is 46.3 Å². The van der Waals surface area contributed by atoms with E-state index in [0.29, 0.717) is 21.6 Å². The van der Waals surface area contributed by atoms with Crippen LogP contribution in [0.4, 0.5) is 0 Å². The molecule has 0 aliphatic carbocycles. The number of carbonyl (C=O) groups is 1. The van der Waals surface area contributed by atoms with Gasteiger partial charge in [0, 0.05) is 18.3 Å². The van der Waals surface area contributed by atoms with Gasteiger partial charge in [0.15, 0.2) is 4.80 Å². The minimum atomic E-state index is -1.04. The van der Waals surface area contributed by atoms with Gasteiger partial charge in [0.2, 0.25) is 5.72 Å². The number of ketones is 1. The third-order valence-corrected chi connectivity index (χ3v) is 6.63. The van der Waals surface area contributed by atoms with E-state index in [0.717, 1.165) is 11.3 Å². The molecule has 2 aliphatic heterocycles. The number of aromatic nitrogens is 3. The molecule has 2 aliphatic rings. The Kier molecular flexibility index (Phi) is 3.89. The number of aryl methyl sites for hydroxylation is 1. The van der Waals surface area contributed by atoms with Gasteiger partial charge in [0.1, 0.15) is 17.5 Å². The lowest BCUT2D eigenvalue weighted by atomic mass is 9.79. The van der Waals surface area contributed by atoms with Gasteiger partial charge in [-0.15, -0.1) is 0 Å². The number of thiazole rings is 1. The first-order valence-electron chi connectivity index (χ1n) is 9.56. The molecule has 3 atom stereocenters. The van der Waals surface area contributed by atoms with Crippen molar-refractivity contribution in [2.24, 2.45) is 10.9 Å². The Labute approximate surface area is 170 Å². The monoisotopic (exact) mass is 408 g/mol. The molecule has 0 radical (unpaired) electrons. The van der Waals surface area contributed by atoms with Gasteiger partial charge in [-0.3, -0.25) is 18.8 Å². The number of benzene rings is 1. The Morgan fingerprint density at radius 2 is 2.14 bits per heavy atom. The Hall–Kier alpha value is -3.00. The number of para-hydroxylation sites is 1. The number of hydrogen-bond acceptors (Lipinski definition) is 6. The maximum absolute atomic E-state index is 13.4. The molecule has 0 saturated heterocycles. The van der Waals surface area contributed by atoms with Crippen molar-refractivity contribution in [2.75, 3.05) is 0 Å². The molecule has 0 saturated carbocycles. The molecule has 4 heterocycles. The van der Waals surface area contributed by atoms with Gasteiger partial charge in [0.25, 0.3) is 5.56 Å². The summed E-state index contributed by atoms with van der Waals surface area (Å²) in [5.41, 5.74) is 0.515. The number of hydrogen-bond donors (Lipinski definition) is 0. The average Bonchev–Trinajstić information content (AvgIpc) is 3.24. The Morgan fingerprint density at radius 1 is 1.34 bits per heavy atom. The summed E-state index contributed by atoms with van der Waals surface area (Å²) in [5, 5.41) is 4.26. The molecule has 2 aromatic heterocycles. The SMILES string of the molecule is CCn1nccc1C=c1sc2n(c1=O)C1c3ccccc3OC(C)(N=2)C1C(C)=O. The first-order chi connectivity index (χ1) is 13.9. The van der Waals surface area contributed by atoms with Crippen LogP contribution < -0.4 is 19.6 Å². The topological polar surface area (TPSA) is 78.5 Å². The van der Waals surface area contributed by atoms with E-state index in [-0.39, 0.29) is 11.3 Å². The summed E-state index contributed by atoms with van der Waals surface area (Å²) in [7, 11) is 0. The second-order valence-electron chi connectivity index (χ2n) is 7.48. The summed E-state index contributed by atoms with van der Waals surface area (Å²) in [5.74, 6) is 0.0555. The van der Waals surface area contributed by atoms with E-state index in [9.17, 15) is 9.59 Å². The zero-order valence-corrected chi connectivity index (χ0v) is 17.1. The molecule has 1 aromatic carbocycles. The van der Waals surface area contributed by atoms with Gasteiger partial charge in [-0.2, -0.15) is 5.10 Å². The molecule has 148 valence electrons. The summed E-state index contributed by atoms with van der Waals surface area (Å²) in [6.45, 7) is 6.08. The van der Waals surface area contributed by atoms with E-state index >= 15 is 0 Å². The van der Waals surface area contributed by atoms with E-state index in [4.69, 9.17) is 9.73 Å². The van der Waals surface area contributed by atoms with Gasteiger partial charge >= 0.3 is 0 Å². The molecule has 29 heavy (non-hydrogen) atoms. The summed E-state index contributed by atoms with van der Waals surface area (Å²) >= 11 is 1.32. The van der Waals surface area contributed by atoms with Crippen LogP contribution in [0.2, 0.25) is 0 Å². The van der Waals surface area contributed by atoms with Crippen molar-refractivity contribution < 1.29 is 9.53 Å². The molecule has 5 rings (SSSR count). The van der Waals surface area contributed by atoms with Crippen molar-refractivity contribution in [1.82, 2.24) is 14.3 Å². The number of nitrogens with zero attached hydrogens (tertiary/aromatic N) is 4. The molecule has 7 nitrogen and oxygen atoms in total. The molecule has 0 fully saturated rings. The van der Waals surface area contributed by atoms with E-state index in [1.807, 2.05) is 54.9 Å².